The average Bonchev–Trinajstić information content (AvgIpc) is 2.96. The number of nitrogens with two attached hydrogens (primary N) is 2. The fourth-order valence-corrected chi connectivity index (χ4v) is 6.40. The van der Waals surface area contributed by atoms with Crippen LogP contribution in [0.1, 0.15) is 57.1 Å². The number of carbonyl (C=O) groups excluding carboxylic acids is 2. The highest BCUT2D eigenvalue weighted by atomic mass is 16.2. The number of hydrogen-bond donors (Lipinski definition) is 3. The lowest BCUT2D eigenvalue weighted by Gasteiger charge is -2.40. The highest BCUT2D eigenvalue weighted by Crippen LogP contribution is 2.30. The molecule has 1 atom stereocenters. The minimum Gasteiger partial charge on any atom is -0.338 e. The van der Waals surface area contributed by atoms with Gasteiger partial charge in [-0.3, -0.25) is 14.7 Å². The summed E-state index contributed by atoms with van der Waals surface area (Å²) in [5.41, 5.74) is 14.0. The molecule has 2 aromatic rings. The molecule has 0 spiro atoms. The molecule has 11 heteroatoms. The van der Waals surface area contributed by atoms with E-state index in [0.717, 1.165) is 37.8 Å². The zero-order chi connectivity index (χ0) is 29.3. The zero-order valence-electron chi connectivity index (χ0n) is 24.5. The van der Waals surface area contributed by atoms with Crippen molar-refractivity contribution in [2.75, 3.05) is 38.5 Å². The van der Waals surface area contributed by atoms with Gasteiger partial charge >= 0.3 is 11.7 Å². The topological polar surface area (TPSA) is 143 Å². The van der Waals surface area contributed by atoms with E-state index in [1.807, 2.05) is 6.07 Å². The number of aromatic nitrogens is 2. The number of rotatable bonds is 5. The van der Waals surface area contributed by atoms with Gasteiger partial charge in [-0.05, 0) is 95.2 Å². The Morgan fingerprint density at radius 2 is 1.66 bits per heavy atom. The summed E-state index contributed by atoms with van der Waals surface area (Å²) in [6.45, 7) is 4.93. The third-order valence-corrected chi connectivity index (χ3v) is 9.01. The molecule has 2 heterocycles. The van der Waals surface area contributed by atoms with Crippen LogP contribution in [0.25, 0.3) is 5.69 Å². The van der Waals surface area contributed by atoms with Crippen molar-refractivity contribution in [1.29, 1.82) is 0 Å². The molecule has 3 aliphatic rings. The summed E-state index contributed by atoms with van der Waals surface area (Å²) in [6.07, 6.45) is 9.32. The smallest absolute Gasteiger partial charge is 0.338 e. The number of fused-ring (bicyclic) bond motifs is 1. The van der Waals surface area contributed by atoms with E-state index in [4.69, 9.17) is 11.5 Å². The maximum absolute atomic E-state index is 12.9. The zero-order valence-corrected chi connectivity index (χ0v) is 24.5. The summed E-state index contributed by atoms with van der Waals surface area (Å²) in [5, 5.41) is 2.72. The SMILES string of the molecule is CN(C1CCC(N)CC1)C1CCc2cc(-n3ccc(NC(=O)N4CCN(C(=O)C(C)(C)N)CC4)nc3=O)ccc2C1. The minimum absolute atomic E-state index is 0.137. The molecule has 41 heavy (non-hydrogen) atoms. The predicted molar refractivity (Wildman–Crippen MR) is 159 cm³/mol. The summed E-state index contributed by atoms with van der Waals surface area (Å²) in [5.74, 6) is 0.0626. The van der Waals surface area contributed by atoms with Crippen LogP contribution in [0.15, 0.2) is 35.3 Å². The van der Waals surface area contributed by atoms with Gasteiger partial charge in [0.25, 0.3) is 0 Å². The van der Waals surface area contributed by atoms with Gasteiger partial charge < -0.3 is 26.2 Å². The van der Waals surface area contributed by atoms with E-state index < -0.39 is 11.2 Å². The van der Waals surface area contributed by atoms with Crippen molar-refractivity contribution in [3.63, 3.8) is 0 Å². The van der Waals surface area contributed by atoms with Crippen LogP contribution in [0.3, 0.4) is 0 Å². The van der Waals surface area contributed by atoms with Gasteiger partial charge in [-0.1, -0.05) is 6.07 Å². The van der Waals surface area contributed by atoms with E-state index in [-0.39, 0.29) is 17.8 Å². The van der Waals surface area contributed by atoms with Gasteiger partial charge in [-0.15, -0.1) is 0 Å². The summed E-state index contributed by atoms with van der Waals surface area (Å²) < 4.78 is 1.51. The number of benzene rings is 1. The maximum atomic E-state index is 12.9. The average molecular weight is 565 g/mol. The number of urea groups is 1. The molecule has 1 saturated heterocycles. The highest BCUT2D eigenvalue weighted by molar-refractivity contribution is 5.89. The number of likely N-dealkylation sites (N-methyl/N-ethyl adjacent to an activating group) is 1. The van der Waals surface area contributed by atoms with Crippen LogP contribution >= 0.6 is 0 Å². The van der Waals surface area contributed by atoms with Gasteiger partial charge in [0.1, 0.15) is 5.82 Å². The molecule has 1 aliphatic heterocycles. The number of nitrogens with one attached hydrogen (secondary N) is 1. The molecule has 5 rings (SSSR count). The lowest BCUT2D eigenvalue weighted by Crippen LogP contribution is -2.58. The molecule has 1 unspecified atom stereocenters. The lowest BCUT2D eigenvalue weighted by molar-refractivity contribution is -0.137. The standard InChI is InChI=1S/C30H44N8O3/c1-30(2,32)27(39)36-14-16-37(17-15-36)28(40)33-26-12-13-38(29(41)34-26)25-9-5-20-18-24(8-4-21(20)19-25)35(3)23-10-6-22(31)7-11-23/h5,9,12-13,19,22-24H,4,6-8,10-11,14-18,31-32H2,1-3H3,(H,33,34,40,41). The van der Waals surface area contributed by atoms with Crippen molar-refractivity contribution in [2.24, 2.45) is 11.5 Å². The first-order valence-electron chi connectivity index (χ1n) is 14.8. The van der Waals surface area contributed by atoms with Crippen LogP contribution in [0.2, 0.25) is 0 Å². The first-order valence-corrected chi connectivity index (χ1v) is 14.8. The summed E-state index contributed by atoms with van der Waals surface area (Å²) in [4.78, 5) is 48.1. The molecule has 2 fully saturated rings. The molecule has 3 amide bonds. The molecule has 222 valence electrons. The predicted octanol–water partition coefficient (Wildman–Crippen LogP) is 1.70. The van der Waals surface area contributed by atoms with Crippen LogP contribution in [0.5, 0.6) is 0 Å². The van der Waals surface area contributed by atoms with E-state index in [0.29, 0.717) is 44.3 Å². The normalized spacial score (nSPS) is 23.3. The fourth-order valence-electron chi connectivity index (χ4n) is 6.40. The Balaban J connectivity index is 1.18. The van der Waals surface area contributed by atoms with Crippen molar-refractivity contribution in [3.05, 3.63) is 52.1 Å². The van der Waals surface area contributed by atoms with Crippen LogP contribution in [0, 0.1) is 0 Å². The molecule has 11 nitrogen and oxygen atoms in total. The van der Waals surface area contributed by atoms with Crippen LogP contribution in [-0.2, 0) is 17.6 Å². The highest BCUT2D eigenvalue weighted by Gasteiger charge is 2.32. The molecular formula is C30H44N8O3. The summed E-state index contributed by atoms with van der Waals surface area (Å²) in [7, 11) is 2.26. The molecule has 5 N–H and O–H groups in total. The van der Waals surface area contributed by atoms with E-state index in [9.17, 15) is 14.4 Å². The Hall–Kier alpha value is -3.28. The van der Waals surface area contributed by atoms with Crippen LogP contribution < -0.4 is 22.5 Å². The van der Waals surface area contributed by atoms with Gasteiger partial charge in [0, 0.05) is 50.5 Å². The van der Waals surface area contributed by atoms with Crippen molar-refractivity contribution >= 4 is 17.8 Å². The van der Waals surface area contributed by atoms with E-state index in [1.165, 1.54) is 28.5 Å². The minimum atomic E-state index is -0.945. The number of amides is 3. The summed E-state index contributed by atoms with van der Waals surface area (Å²) in [6, 6.07) is 8.99. The van der Waals surface area contributed by atoms with Crippen LogP contribution in [0.4, 0.5) is 10.6 Å². The van der Waals surface area contributed by atoms with Gasteiger partial charge in [-0.2, -0.15) is 4.98 Å². The van der Waals surface area contributed by atoms with Gasteiger partial charge in [0.15, 0.2) is 0 Å². The second-order valence-electron chi connectivity index (χ2n) is 12.5. The van der Waals surface area contributed by atoms with Crippen molar-refractivity contribution < 1.29 is 9.59 Å². The number of hydrogen-bond acceptors (Lipinski definition) is 7. The fraction of sp³-hybridized carbons (Fsp3) is 0.600. The maximum Gasteiger partial charge on any atom is 0.354 e. The third kappa shape index (κ3) is 6.63. The molecule has 2 aliphatic carbocycles. The van der Waals surface area contributed by atoms with Gasteiger partial charge in [0.05, 0.1) is 11.2 Å². The number of piperazine rings is 1. The summed E-state index contributed by atoms with van der Waals surface area (Å²) >= 11 is 0. The molecule has 0 radical (unpaired) electrons. The van der Waals surface area contributed by atoms with Crippen molar-refractivity contribution in [1.82, 2.24) is 24.3 Å². The quantitative estimate of drug-likeness (QED) is 0.502. The Bertz CT molecular complexity index is 1320. The Morgan fingerprint density at radius 1 is 0.976 bits per heavy atom. The monoisotopic (exact) mass is 564 g/mol. The van der Waals surface area contributed by atoms with E-state index in [1.54, 1.807) is 35.9 Å². The Morgan fingerprint density at radius 3 is 2.32 bits per heavy atom. The van der Waals surface area contributed by atoms with E-state index >= 15 is 0 Å². The Kier molecular flexibility index (Phi) is 8.49. The van der Waals surface area contributed by atoms with Gasteiger partial charge in [-0.25, -0.2) is 9.59 Å². The number of aryl methyl sites for hydroxylation is 1. The lowest BCUT2D eigenvalue weighted by atomic mass is 9.84. The molecule has 1 aromatic heterocycles. The number of carbonyl (C=O) groups is 2. The van der Waals surface area contributed by atoms with Crippen molar-refractivity contribution in [3.8, 4) is 5.69 Å². The van der Waals surface area contributed by atoms with Crippen LogP contribution in [-0.4, -0.2) is 93.1 Å². The first kappa shape index (κ1) is 29.2. The number of anilines is 1. The first-order chi connectivity index (χ1) is 19.5. The molecule has 0 bridgehead atoms. The second-order valence-corrected chi connectivity index (χ2v) is 12.5. The van der Waals surface area contributed by atoms with E-state index in [2.05, 4.69) is 34.4 Å². The second kappa shape index (κ2) is 11.9. The largest absolute Gasteiger partial charge is 0.354 e. The number of nitrogens with zero attached hydrogens (tertiary/aromatic N) is 5. The Labute approximate surface area is 241 Å². The molecule has 1 aromatic carbocycles. The molecule has 1 saturated carbocycles. The van der Waals surface area contributed by atoms with Crippen molar-refractivity contribution in [2.45, 2.75) is 82.5 Å². The van der Waals surface area contributed by atoms with Gasteiger partial charge in [0.2, 0.25) is 5.91 Å². The molecular weight excluding hydrogens is 520 g/mol. The third-order valence-electron chi connectivity index (χ3n) is 9.01.